The molecule has 4 bridgehead atoms. The van der Waals surface area contributed by atoms with Gasteiger partial charge in [0.05, 0.1) is 18.4 Å². The number of hydrogen-bond donors (Lipinski definition) is 0. The van der Waals surface area contributed by atoms with Crippen LogP contribution in [0.1, 0.15) is 39.0 Å². The molecule has 0 aromatic rings. The lowest BCUT2D eigenvalue weighted by Crippen LogP contribution is -2.63. The van der Waals surface area contributed by atoms with Gasteiger partial charge < -0.3 is 4.74 Å². The number of carbonyl (C=O) groups excluding carboxylic acids is 2. The van der Waals surface area contributed by atoms with Gasteiger partial charge in [0.15, 0.2) is 0 Å². The third-order valence-corrected chi connectivity index (χ3v) is 5.39. The quantitative estimate of drug-likeness (QED) is 0.585. The van der Waals surface area contributed by atoms with Crippen LogP contribution >= 0.6 is 0 Å². The Morgan fingerprint density at radius 1 is 1.45 bits per heavy atom. The van der Waals surface area contributed by atoms with E-state index in [9.17, 15) is 14.9 Å². The van der Waals surface area contributed by atoms with Crippen molar-refractivity contribution < 1.29 is 14.3 Å². The average Bonchev–Trinajstić information content (AvgIpc) is 2.40. The van der Waals surface area contributed by atoms with Crippen molar-refractivity contribution >= 4 is 11.8 Å². The molecule has 0 spiro atoms. The summed E-state index contributed by atoms with van der Waals surface area (Å²) in [6.45, 7) is 5.20. The summed E-state index contributed by atoms with van der Waals surface area (Å²) < 4.78 is 5.71. The number of nitrogens with zero attached hydrogens (tertiary/aromatic N) is 1. The summed E-state index contributed by atoms with van der Waals surface area (Å²) in [5.41, 5.74) is -0.571. The smallest absolute Gasteiger partial charge is 0.333 e. The fourth-order valence-electron chi connectivity index (χ4n) is 4.56. The van der Waals surface area contributed by atoms with Crippen LogP contribution in [0.3, 0.4) is 0 Å². The van der Waals surface area contributed by atoms with E-state index in [0.717, 1.165) is 25.7 Å². The maximum atomic E-state index is 12.5. The largest absolute Gasteiger partial charge is 0.454 e. The van der Waals surface area contributed by atoms with Crippen molar-refractivity contribution in [3.05, 3.63) is 12.2 Å². The number of ether oxygens (including phenoxy) is 1. The minimum Gasteiger partial charge on any atom is -0.454 e. The molecule has 4 nitrogen and oxygen atoms in total. The van der Waals surface area contributed by atoms with Gasteiger partial charge in [-0.25, -0.2) is 4.79 Å². The first-order chi connectivity index (χ1) is 9.48. The first-order valence-electron chi connectivity index (χ1n) is 7.27. The lowest BCUT2D eigenvalue weighted by atomic mass is 9.48. The van der Waals surface area contributed by atoms with Crippen molar-refractivity contribution in [2.45, 2.75) is 44.6 Å². The fourth-order valence-corrected chi connectivity index (χ4v) is 4.56. The van der Waals surface area contributed by atoms with Gasteiger partial charge in [0.1, 0.15) is 11.4 Å². The summed E-state index contributed by atoms with van der Waals surface area (Å²) >= 11 is 0. The van der Waals surface area contributed by atoms with Crippen LogP contribution in [0.25, 0.3) is 0 Å². The molecule has 4 fully saturated rings. The Hall–Kier alpha value is -1.63. The lowest BCUT2D eigenvalue weighted by Gasteiger charge is -2.58. The predicted octanol–water partition coefficient (Wildman–Crippen LogP) is 2.39. The van der Waals surface area contributed by atoms with Gasteiger partial charge in [-0.15, -0.1) is 0 Å². The van der Waals surface area contributed by atoms with Crippen molar-refractivity contribution in [1.29, 1.82) is 5.26 Å². The van der Waals surface area contributed by atoms with Crippen molar-refractivity contribution in [3.63, 3.8) is 0 Å². The number of hydrogen-bond acceptors (Lipinski definition) is 4. The predicted molar refractivity (Wildman–Crippen MR) is 71.3 cm³/mol. The summed E-state index contributed by atoms with van der Waals surface area (Å²) in [5.74, 6) is 0.319. The van der Waals surface area contributed by atoms with Gasteiger partial charge in [0.25, 0.3) is 0 Å². The molecule has 5 unspecified atom stereocenters. The summed E-state index contributed by atoms with van der Waals surface area (Å²) in [4.78, 5) is 24.5. The second kappa shape index (κ2) is 4.44. The van der Waals surface area contributed by atoms with E-state index in [0.29, 0.717) is 11.5 Å². The molecule has 20 heavy (non-hydrogen) atoms. The average molecular weight is 273 g/mol. The van der Waals surface area contributed by atoms with Crippen LogP contribution in [-0.2, 0) is 14.3 Å². The molecule has 4 aliphatic carbocycles. The first-order valence-corrected chi connectivity index (χ1v) is 7.27. The summed E-state index contributed by atoms with van der Waals surface area (Å²) in [6.07, 6.45) is 3.63. The van der Waals surface area contributed by atoms with Crippen LogP contribution in [0.5, 0.6) is 0 Å². The number of nitriles is 1. The Kier molecular flexibility index (Phi) is 2.97. The van der Waals surface area contributed by atoms with E-state index in [-0.39, 0.29) is 30.0 Å². The third-order valence-electron chi connectivity index (χ3n) is 5.39. The zero-order chi connectivity index (χ0) is 14.5. The highest BCUT2D eigenvalue weighted by atomic mass is 16.6. The van der Waals surface area contributed by atoms with Gasteiger partial charge in [-0.2, -0.15) is 5.26 Å². The minimum absolute atomic E-state index is 0.118. The highest BCUT2D eigenvalue weighted by Gasteiger charge is 2.63. The van der Waals surface area contributed by atoms with E-state index in [1.807, 2.05) is 0 Å². The molecule has 5 atom stereocenters. The fraction of sp³-hybridized carbons (Fsp3) is 0.688. The molecule has 4 aliphatic rings. The second-order valence-corrected chi connectivity index (χ2v) is 6.62. The van der Waals surface area contributed by atoms with Gasteiger partial charge in [0, 0.05) is 17.4 Å². The van der Waals surface area contributed by atoms with Crippen LogP contribution in [-0.4, -0.2) is 17.4 Å². The van der Waals surface area contributed by atoms with Crippen LogP contribution in [0, 0.1) is 35.0 Å². The molecule has 0 aliphatic heterocycles. The summed E-state index contributed by atoms with van der Waals surface area (Å²) in [7, 11) is 0. The lowest BCUT2D eigenvalue weighted by molar-refractivity contribution is -0.202. The number of carbonyl (C=O) groups is 2. The zero-order valence-corrected chi connectivity index (χ0v) is 11.7. The Morgan fingerprint density at radius 2 is 2.20 bits per heavy atom. The Balaban J connectivity index is 1.97. The van der Waals surface area contributed by atoms with Gasteiger partial charge in [-0.1, -0.05) is 6.58 Å². The summed E-state index contributed by atoms with van der Waals surface area (Å²) in [6, 6.07) is 2.14. The van der Waals surface area contributed by atoms with E-state index < -0.39 is 11.6 Å². The van der Waals surface area contributed by atoms with E-state index >= 15 is 0 Å². The molecule has 4 heteroatoms. The molecular formula is C16H19NO3. The van der Waals surface area contributed by atoms with Crippen LogP contribution in [0.4, 0.5) is 0 Å². The molecule has 0 aromatic carbocycles. The second-order valence-electron chi connectivity index (χ2n) is 6.62. The molecule has 106 valence electrons. The third kappa shape index (κ3) is 1.72. The van der Waals surface area contributed by atoms with Gasteiger partial charge in [0.2, 0.25) is 0 Å². The van der Waals surface area contributed by atoms with Crippen LogP contribution < -0.4 is 0 Å². The van der Waals surface area contributed by atoms with Gasteiger partial charge in [-0.3, -0.25) is 4.79 Å². The highest BCUT2D eigenvalue weighted by molar-refractivity contribution is 5.90. The van der Waals surface area contributed by atoms with Gasteiger partial charge in [-0.05, 0) is 38.5 Å². The van der Waals surface area contributed by atoms with E-state index in [1.54, 1.807) is 6.92 Å². The standard InChI is InChI=1S/C16H19NO3/c1-9(2)15(19)20-16(3-4-17)12-6-10-5-11(8-12)14(18)13(16)7-10/h10-13H,1,3,5-8H2,2H3. The molecule has 0 radical (unpaired) electrons. The van der Waals surface area contributed by atoms with Crippen LogP contribution in [0.2, 0.25) is 0 Å². The Labute approximate surface area is 118 Å². The molecule has 0 amide bonds. The molecule has 0 heterocycles. The molecule has 0 aromatic heterocycles. The topological polar surface area (TPSA) is 67.2 Å². The van der Waals surface area contributed by atoms with Crippen molar-refractivity contribution in [2.75, 3.05) is 0 Å². The Morgan fingerprint density at radius 3 is 2.85 bits per heavy atom. The maximum Gasteiger partial charge on any atom is 0.333 e. The van der Waals surface area contributed by atoms with Crippen molar-refractivity contribution in [1.82, 2.24) is 0 Å². The van der Waals surface area contributed by atoms with E-state index in [1.165, 1.54) is 0 Å². The highest BCUT2D eigenvalue weighted by Crippen LogP contribution is 2.59. The number of rotatable bonds is 3. The van der Waals surface area contributed by atoms with Crippen LogP contribution in [0.15, 0.2) is 12.2 Å². The molecule has 0 N–H and O–H groups in total. The Bertz CT molecular complexity index is 532. The monoisotopic (exact) mass is 273 g/mol. The number of esters is 1. The van der Waals surface area contributed by atoms with Gasteiger partial charge >= 0.3 is 5.97 Å². The first kappa shape index (κ1) is 13.4. The molecular weight excluding hydrogens is 254 g/mol. The normalized spacial score (nSPS) is 41.3. The number of ketones is 1. The maximum absolute atomic E-state index is 12.5. The summed E-state index contributed by atoms with van der Waals surface area (Å²) in [5, 5.41) is 9.18. The van der Waals surface area contributed by atoms with E-state index in [2.05, 4.69) is 12.6 Å². The minimum atomic E-state index is -0.894. The van der Waals surface area contributed by atoms with Crippen molar-refractivity contribution in [3.8, 4) is 6.07 Å². The molecule has 4 saturated carbocycles. The van der Waals surface area contributed by atoms with E-state index in [4.69, 9.17) is 4.74 Å². The number of Topliss-reactive ketones (excluding diaryl/α,β-unsaturated/α-hetero) is 1. The SMILES string of the molecule is C=C(C)C(=O)OC1(CC#N)C2CC3CC(C2)C(=O)C1C3. The molecule has 4 rings (SSSR count). The molecule has 0 saturated heterocycles. The zero-order valence-electron chi connectivity index (χ0n) is 11.7. The van der Waals surface area contributed by atoms with Crippen molar-refractivity contribution in [2.24, 2.45) is 23.7 Å².